The monoisotopic (exact) mass is 275 g/mol. The second kappa shape index (κ2) is 6.28. The highest BCUT2D eigenvalue weighted by atomic mass is 19.4. The summed E-state index contributed by atoms with van der Waals surface area (Å²) in [6, 6.07) is 4.95. The van der Waals surface area contributed by atoms with E-state index in [0.29, 0.717) is 6.61 Å². The first-order chi connectivity index (χ1) is 8.68. The molecule has 0 atom stereocenters. The predicted molar refractivity (Wildman–Crippen MR) is 69.3 cm³/mol. The lowest BCUT2D eigenvalue weighted by Gasteiger charge is -2.20. The number of halogens is 3. The standard InChI is InChI=1S/C14H20F3NO/c1-13(2,3)18-8-5-9-19-12-7-4-6-11(10-12)14(15,16)17/h4,6-7,10,18H,5,8-9H2,1-3H3. The summed E-state index contributed by atoms with van der Waals surface area (Å²) in [5.74, 6) is 0.255. The average Bonchev–Trinajstić information content (AvgIpc) is 2.26. The molecule has 0 aliphatic rings. The van der Waals surface area contributed by atoms with Gasteiger partial charge in [0.25, 0.3) is 0 Å². The van der Waals surface area contributed by atoms with Crippen LogP contribution in [0.15, 0.2) is 24.3 Å². The lowest BCUT2D eigenvalue weighted by Crippen LogP contribution is -2.36. The van der Waals surface area contributed by atoms with Gasteiger partial charge in [0.1, 0.15) is 5.75 Å². The molecule has 1 aromatic rings. The van der Waals surface area contributed by atoms with Crippen LogP contribution in [-0.2, 0) is 6.18 Å². The van der Waals surface area contributed by atoms with Crippen LogP contribution in [0, 0.1) is 0 Å². The van der Waals surface area contributed by atoms with Gasteiger partial charge in [-0.05, 0) is 51.9 Å². The maximum Gasteiger partial charge on any atom is 0.416 e. The van der Waals surface area contributed by atoms with Gasteiger partial charge in [-0.3, -0.25) is 0 Å². The van der Waals surface area contributed by atoms with Crippen molar-refractivity contribution in [1.29, 1.82) is 0 Å². The molecule has 1 N–H and O–H groups in total. The zero-order valence-corrected chi connectivity index (χ0v) is 11.5. The Morgan fingerprint density at radius 3 is 2.42 bits per heavy atom. The molecule has 108 valence electrons. The molecule has 0 aliphatic carbocycles. The Kier molecular flexibility index (Phi) is 5.23. The minimum Gasteiger partial charge on any atom is -0.494 e. The van der Waals surface area contributed by atoms with Crippen molar-refractivity contribution in [3.8, 4) is 5.75 Å². The van der Waals surface area contributed by atoms with E-state index in [0.717, 1.165) is 25.1 Å². The highest BCUT2D eigenvalue weighted by Gasteiger charge is 2.30. The molecule has 0 heterocycles. The Balaban J connectivity index is 2.38. The van der Waals surface area contributed by atoms with Crippen LogP contribution < -0.4 is 10.1 Å². The number of hydrogen-bond acceptors (Lipinski definition) is 2. The predicted octanol–water partition coefficient (Wildman–Crippen LogP) is 3.86. The number of nitrogens with one attached hydrogen (secondary N) is 1. The highest BCUT2D eigenvalue weighted by Crippen LogP contribution is 2.31. The van der Waals surface area contributed by atoms with Crippen LogP contribution in [0.4, 0.5) is 13.2 Å². The summed E-state index contributed by atoms with van der Waals surface area (Å²) in [5, 5.41) is 3.28. The van der Waals surface area contributed by atoms with Gasteiger partial charge < -0.3 is 10.1 Å². The van der Waals surface area contributed by atoms with Crippen LogP contribution in [0.1, 0.15) is 32.8 Å². The number of hydrogen-bond donors (Lipinski definition) is 1. The van der Waals surface area contributed by atoms with E-state index in [-0.39, 0.29) is 11.3 Å². The minimum absolute atomic E-state index is 0.0379. The zero-order valence-electron chi connectivity index (χ0n) is 11.5. The molecule has 0 spiro atoms. The Morgan fingerprint density at radius 2 is 1.84 bits per heavy atom. The lowest BCUT2D eigenvalue weighted by molar-refractivity contribution is -0.137. The third kappa shape index (κ3) is 6.47. The van der Waals surface area contributed by atoms with Crippen molar-refractivity contribution in [2.45, 2.75) is 38.9 Å². The molecular formula is C14H20F3NO. The molecule has 0 aromatic heterocycles. The first-order valence-electron chi connectivity index (χ1n) is 6.23. The first-order valence-corrected chi connectivity index (χ1v) is 6.23. The molecule has 0 unspecified atom stereocenters. The number of rotatable bonds is 5. The van der Waals surface area contributed by atoms with E-state index in [1.165, 1.54) is 12.1 Å². The normalized spacial score (nSPS) is 12.5. The van der Waals surface area contributed by atoms with Crippen molar-refractivity contribution in [1.82, 2.24) is 5.32 Å². The molecule has 0 radical (unpaired) electrons. The van der Waals surface area contributed by atoms with Crippen molar-refractivity contribution >= 4 is 0 Å². The molecule has 0 bridgehead atoms. The number of benzene rings is 1. The van der Waals surface area contributed by atoms with Gasteiger partial charge in [0.15, 0.2) is 0 Å². The van der Waals surface area contributed by atoms with Crippen molar-refractivity contribution in [2.75, 3.05) is 13.2 Å². The van der Waals surface area contributed by atoms with Gasteiger partial charge in [0.05, 0.1) is 12.2 Å². The van der Waals surface area contributed by atoms with Gasteiger partial charge in [-0.25, -0.2) is 0 Å². The Bertz CT molecular complexity index is 396. The summed E-state index contributed by atoms with van der Waals surface area (Å²) < 4.78 is 42.7. The average molecular weight is 275 g/mol. The summed E-state index contributed by atoms with van der Waals surface area (Å²) in [4.78, 5) is 0. The molecule has 0 saturated carbocycles. The Hall–Kier alpha value is -1.23. The summed E-state index contributed by atoms with van der Waals surface area (Å²) in [6.45, 7) is 7.33. The SMILES string of the molecule is CC(C)(C)NCCCOc1cccc(C(F)(F)F)c1. The third-order valence-electron chi connectivity index (χ3n) is 2.41. The Labute approximate surface area is 112 Å². The van der Waals surface area contributed by atoms with Crippen LogP contribution in [0.25, 0.3) is 0 Å². The smallest absolute Gasteiger partial charge is 0.416 e. The summed E-state index contributed by atoms with van der Waals surface area (Å²) >= 11 is 0. The quantitative estimate of drug-likeness (QED) is 0.824. The Morgan fingerprint density at radius 1 is 1.16 bits per heavy atom. The molecule has 0 amide bonds. The van der Waals surface area contributed by atoms with E-state index in [1.807, 2.05) is 0 Å². The minimum atomic E-state index is -4.33. The van der Waals surface area contributed by atoms with Gasteiger partial charge in [-0.2, -0.15) is 13.2 Å². The molecule has 0 aliphatic heterocycles. The van der Waals surface area contributed by atoms with Crippen LogP contribution >= 0.6 is 0 Å². The van der Waals surface area contributed by atoms with Crippen LogP contribution in [0.5, 0.6) is 5.75 Å². The van der Waals surface area contributed by atoms with Gasteiger partial charge in [0, 0.05) is 5.54 Å². The number of ether oxygens (including phenoxy) is 1. The van der Waals surface area contributed by atoms with Crippen molar-refractivity contribution in [3.63, 3.8) is 0 Å². The molecule has 2 nitrogen and oxygen atoms in total. The molecule has 5 heteroatoms. The van der Waals surface area contributed by atoms with Gasteiger partial charge >= 0.3 is 6.18 Å². The topological polar surface area (TPSA) is 21.3 Å². The molecule has 1 rings (SSSR count). The van der Waals surface area contributed by atoms with E-state index < -0.39 is 11.7 Å². The maximum absolute atomic E-state index is 12.5. The van der Waals surface area contributed by atoms with Crippen molar-refractivity contribution < 1.29 is 17.9 Å². The molecule has 19 heavy (non-hydrogen) atoms. The largest absolute Gasteiger partial charge is 0.494 e. The first kappa shape index (κ1) is 15.8. The maximum atomic E-state index is 12.5. The van der Waals surface area contributed by atoms with Gasteiger partial charge in [0.2, 0.25) is 0 Å². The summed E-state index contributed by atoms with van der Waals surface area (Å²) in [5.41, 5.74) is -0.645. The highest BCUT2D eigenvalue weighted by molar-refractivity contribution is 5.30. The van der Waals surface area contributed by atoms with Gasteiger partial charge in [-0.15, -0.1) is 0 Å². The zero-order chi connectivity index (χ0) is 14.5. The third-order valence-corrected chi connectivity index (χ3v) is 2.41. The van der Waals surface area contributed by atoms with E-state index in [1.54, 1.807) is 0 Å². The van der Waals surface area contributed by atoms with E-state index in [4.69, 9.17) is 4.74 Å². The summed E-state index contributed by atoms with van der Waals surface area (Å²) in [6.07, 6.45) is -3.58. The van der Waals surface area contributed by atoms with Crippen LogP contribution in [0.3, 0.4) is 0 Å². The second-order valence-electron chi connectivity index (χ2n) is 5.40. The van der Waals surface area contributed by atoms with Crippen molar-refractivity contribution in [2.24, 2.45) is 0 Å². The van der Waals surface area contributed by atoms with E-state index >= 15 is 0 Å². The van der Waals surface area contributed by atoms with E-state index in [2.05, 4.69) is 26.1 Å². The fraction of sp³-hybridized carbons (Fsp3) is 0.571. The van der Waals surface area contributed by atoms with Gasteiger partial charge in [-0.1, -0.05) is 6.07 Å². The fourth-order valence-corrected chi connectivity index (χ4v) is 1.49. The number of alkyl halides is 3. The van der Waals surface area contributed by atoms with Crippen molar-refractivity contribution in [3.05, 3.63) is 29.8 Å². The second-order valence-corrected chi connectivity index (χ2v) is 5.40. The van der Waals surface area contributed by atoms with E-state index in [9.17, 15) is 13.2 Å². The lowest BCUT2D eigenvalue weighted by atomic mass is 10.1. The molecule has 0 saturated heterocycles. The molecular weight excluding hydrogens is 255 g/mol. The van der Waals surface area contributed by atoms with Crippen LogP contribution in [-0.4, -0.2) is 18.7 Å². The molecule has 0 fully saturated rings. The fourth-order valence-electron chi connectivity index (χ4n) is 1.49. The van der Waals surface area contributed by atoms with Crippen LogP contribution in [0.2, 0.25) is 0 Å². The summed E-state index contributed by atoms with van der Waals surface area (Å²) in [7, 11) is 0. The molecule has 1 aromatic carbocycles.